The summed E-state index contributed by atoms with van der Waals surface area (Å²) in [5.74, 6) is 0.310. The van der Waals surface area contributed by atoms with Crippen LogP contribution in [-0.2, 0) is 14.9 Å². The Balaban J connectivity index is 1.45. The van der Waals surface area contributed by atoms with Crippen LogP contribution in [0.25, 0.3) is 5.65 Å². The topological polar surface area (TPSA) is 79.7 Å². The van der Waals surface area contributed by atoms with E-state index in [1.165, 1.54) is 4.52 Å². The number of carbonyl (C=O) groups is 1. The maximum atomic E-state index is 12.6. The monoisotopic (exact) mass is 386 g/mol. The Labute approximate surface area is 165 Å². The lowest BCUT2D eigenvalue weighted by molar-refractivity contribution is -0.130. The molecule has 0 radical (unpaired) electrons. The lowest BCUT2D eigenvalue weighted by Gasteiger charge is -2.17. The molecule has 0 bridgehead atoms. The zero-order valence-electron chi connectivity index (χ0n) is 17.0. The van der Waals surface area contributed by atoms with Gasteiger partial charge in [0.05, 0.1) is 11.8 Å². The molecule has 0 aliphatic carbocycles. The number of fused-ring (bicyclic) bond motifs is 1. The van der Waals surface area contributed by atoms with Gasteiger partial charge < -0.3 is 9.64 Å². The van der Waals surface area contributed by atoms with Crippen molar-refractivity contribution in [3.8, 4) is 0 Å². The van der Waals surface area contributed by atoms with Crippen molar-refractivity contribution >= 4 is 11.6 Å². The van der Waals surface area contributed by atoms with Crippen LogP contribution in [0.5, 0.6) is 0 Å². The summed E-state index contributed by atoms with van der Waals surface area (Å²) >= 11 is 0. The predicted octanol–water partition coefficient (Wildman–Crippen LogP) is 2.60. The first kappa shape index (κ1) is 19.2. The summed E-state index contributed by atoms with van der Waals surface area (Å²) in [7, 11) is 0. The summed E-state index contributed by atoms with van der Waals surface area (Å²) in [5, 5.41) is 3.16. The lowest BCUT2D eigenvalue weighted by Crippen LogP contribution is -2.29. The molecule has 2 saturated heterocycles. The van der Waals surface area contributed by atoms with Crippen LogP contribution in [0.3, 0.4) is 0 Å². The number of hydrogen-bond donors (Lipinski definition) is 1. The first-order valence-electron chi connectivity index (χ1n) is 10.3. The summed E-state index contributed by atoms with van der Waals surface area (Å²) in [6.07, 6.45) is 4.62. The van der Waals surface area contributed by atoms with Crippen molar-refractivity contribution in [1.82, 2.24) is 19.5 Å². The summed E-state index contributed by atoms with van der Waals surface area (Å²) in [4.78, 5) is 31.8. The number of aromatic amines is 1. The molecule has 1 N–H and O–H groups in total. The number of nitrogens with one attached hydrogen (secondary N) is 1. The van der Waals surface area contributed by atoms with E-state index in [1.54, 1.807) is 6.07 Å². The third kappa shape index (κ3) is 3.85. The number of likely N-dealkylation sites (tertiary alicyclic amines) is 1. The van der Waals surface area contributed by atoms with Crippen molar-refractivity contribution in [2.45, 2.75) is 70.3 Å². The highest BCUT2D eigenvalue weighted by Crippen LogP contribution is 2.27. The van der Waals surface area contributed by atoms with Crippen molar-refractivity contribution in [2.24, 2.45) is 0 Å². The largest absolute Gasteiger partial charge is 0.378 e. The standard InChI is InChI=1S/C21H30N4O3/c1-21(2,3)17-12-18-22-16(11-20(27)25(18)23-17)14-8-9-24(13-14)19(26)7-6-15-5-4-10-28-15/h11-12,14-15,23H,4-10,13H2,1-3H3. The van der Waals surface area contributed by atoms with Crippen LogP contribution in [0, 0.1) is 0 Å². The molecule has 2 aliphatic rings. The first-order valence-corrected chi connectivity index (χ1v) is 10.3. The van der Waals surface area contributed by atoms with Crippen LogP contribution < -0.4 is 5.56 Å². The van der Waals surface area contributed by atoms with Crippen molar-refractivity contribution in [3.05, 3.63) is 33.9 Å². The van der Waals surface area contributed by atoms with Gasteiger partial charge in [0.2, 0.25) is 5.91 Å². The molecule has 2 atom stereocenters. The van der Waals surface area contributed by atoms with Gasteiger partial charge in [-0.25, -0.2) is 9.50 Å². The number of ether oxygens (including phenoxy) is 1. The fourth-order valence-corrected chi connectivity index (χ4v) is 4.15. The number of carbonyl (C=O) groups excluding carboxylic acids is 1. The van der Waals surface area contributed by atoms with E-state index in [9.17, 15) is 9.59 Å². The molecule has 28 heavy (non-hydrogen) atoms. The SMILES string of the molecule is CC(C)(C)c1cc2nc(C3CCN(C(=O)CCC4CCCO4)C3)cc(=O)n2[nH]1. The van der Waals surface area contributed by atoms with Gasteiger partial charge in [-0.05, 0) is 25.7 Å². The molecule has 152 valence electrons. The third-order valence-corrected chi connectivity index (χ3v) is 5.94. The molecule has 0 saturated carbocycles. The van der Waals surface area contributed by atoms with Gasteiger partial charge in [-0.15, -0.1) is 0 Å². The summed E-state index contributed by atoms with van der Waals surface area (Å²) < 4.78 is 7.12. The quantitative estimate of drug-likeness (QED) is 0.876. The van der Waals surface area contributed by atoms with Crippen molar-refractivity contribution in [2.75, 3.05) is 19.7 Å². The zero-order chi connectivity index (χ0) is 19.9. The second-order valence-electron chi connectivity index (χ2n) is 9.13. The molecule has 0 aromatic carbocycles. The third-order valence-electron chi connectivity index (χ3n) is 5.94. The molecule has 2 fully saturated rings. The van der Waals surface area contributed by atoms with Crippen LogP contribution in [0.1, 0.15) is 70.2 Å². The van der Waals surface area contributed by atoms with Gasteiger partial charge in [0, 0.05) is 55.3 Å². The average molecular weight is 386 g/mol. The maximum Gasteiger partial charge on any atom is 0.272 e. The molecule has 1 amide bonds. The molecule has 4 heterocycles. The van der Waals surface area contributed by atoms with Gasteiger partial charge >= 0.3 is 0 Å². The highest BCUT2D eigenvalue weighted by Gasteiger charge is 2.29. The number of rotatable bonds is 4. The van der Waals surface area contributed by atoms with Gasteiger partial charge in [0.25, 0.3) is 5.56 Å². The molecule has 7 heteroatoms. The molecule has 2 aliphatic heterocycles. The van der Waals surface area contributed by atoms with E-state index in [0.29, 0.717) is 18.6 Å². The second-order valence-corrected chi connectivity index (χ2v) is 9.13. The normalized spacial score (nSPS) is 23.0. The number of aromatic nitrogens is 3. The predicted molar refractivity (Wildman–Crippen MR) is 107 cm³/mol. The number of amides is 1. The summed E-state index contributed by atoms with van der Waals surface area (Å²) in [6, 6.07) is 3.56. The molecular weight excluding hydrogens is 356 g/mol. The maximum absolute atomic E-state index is 12.6. The van der Waals surface area contributed by atoms with E-state index in [-0.39, 0.29) is 28.9 Å². The zero-order valence-corrected chi connectivity index (χ0v) is 17.0. The second kappa shape index (κ2) is 7.35. The Hall–Kier alpha value is -2.15. The van der Waals surface area contributed by atoms with Crippen molar-refractivity contribution in [1.29, 1.82) is 0 Å². The van der Waals surface area contributed by atoms with Crippen LogP contribution in [0.15, 0.2) is 16.9 Å². The van der Waals surface area contributed by atoms with E-state index >= 15 is 0 Å². The Morgan fingerprint density at radius 1 is 1.32 bits per heavy atom. The molecule has 2 unspecified atom stereocenters. The van der Waals surface area contributed by atoms with Crippen LogP contribution in [0.4, 0.5) is 0 Å². The lowest BCUT2D eigenvalue weighted by atomic mass is 9.93. The molecule has 2 aromatic rings. The van der Waals surface area contributed by atoms with Crippen molar-refractivity contribution in [3.63, 3.8) is 0 Å². The van der Waals surface area contributed by atoms with Crippen LogP contribution in [-0.4, -0.2) is 51.2 Å². The van der Waals surface area contributed by atoms with E-state index in [2.05, 4.69) is 25.9 Å². The van der Waals surface area contributed by atoms with Gasteiger partial charge in [-0.3, -0.25) is 14.7 Å². The molecule has 4 rings (SSSR count). The average Bonchev–Trinajstić information content (AvgIpc) is 3.37. The Morgan fingerprint density at radius 2 is 2.14 bits per heavy atom. The van der Waals surface area contributed by atoms with Crippen LogP contribution in [0.2, 0.25) is 0 Å². The van der Waals surface area contributed by atoms with Gasteiger partial charge in [-0.2, -0.15) is 0 Å². The van der Waals surface area contributed by atoms with E-state index in [0.717, 1.165) is 50.2 Å². The smallest absolute Gasteiger partial charge is 0.272 e. The Kier molecular flexibility index (Phi) is 5.04. The van der Waals surface area contributed by atoms with Crippen LogP contribution >= 0.6 is 0 Å². The molecule has 2 aromatic heterocycles. The number of nitrogens with zero attached hydrogens (tertiary/aromatic N) is 3. The van der Waals surface area contributed by atoms with Gasteiger partial charge in [0.1, 0.15) is 0 Å². The van der Waals surface area contributed by atoms with Gasteiger partial charge in [-0.1, -0.05) is 20.8 Å². The highest BCUT2D eigenvalue weighted by molar-refractivity contribution is 5.76. The van der Waals surface area contributed by atoms with Crippen molar-refractivity contribution < 1.29 is 9.53 Å². The minimum atomic E-state index is -0.0985. The Bertz CT molecular complexity index is 918. The fraction of sp³-hybridized carbons (Fsp3) is 0.667. The highest BCUT2D eigenvalue weighted by atomic mass is 16.5. The minimum Gasteiger partial charge on any atom is -0.378 e. The van der Waals surface area contributed by atoms with Gasteiger partial charge in [0.15, 0.2) is 5.65 Å². The fourth-order valence-electron chi connectivity index (χ4n) is 4.15. The first-order chi connectivity index (χ1) is 13.3. The molecule has 7 nitrogen and oxygen atoms in total. The summed E-state index contributed by atoms with van der Waals surface area (Å²) in [6.45, 7) is 8.49. The number of H-pyrrole nitrogens is 1. The molecule has 0 spiro atoms. The van der Waals surface area contributed by atoms with E-state index in [4.69, 9.17) is 9.72 Å². The van der Waals surface area contributed by atoms with E-state index < -0.39 is 0 Å². The van der Waals surface area contributed by atoms with E-state index in [1.807, 2.05) is 11.0 Å². The summed E-state index contributed by atoms with van der Waals surface area (Å²) in [5.41, 5.74) is 2.24. The Morgan fingerprint density at radius 3 is 2.86 bits per heavy atom. The minimum absolute atomic E-state index is 0.0834. The number of hydrogen-bond acceptors (Lipinski definition) is 4. The molecular formula is C21H30N4O3.